The van der Waals surface area contributed by atoms with Crippen LogP contribution in [0.15, 0.2) is 48.7 Å². The van der Waals surface area contributed by atoms with Gasteiger partial charge in [-0.15, -0.1) is 10.2 Å². The Labute approximate surface area is 252 Å². The van der Waals surface area contributed by atoms with Gasteiger partial charge in [-0.05, 0) is 64.8 Å². The summed E-state index contributed by atoms with van der Waals surface area (Å²) in [6.45, 7) is 7.72. The second-order valence-corrected chi connectivity index (χ2v) is 12.1. The lowest BCUT2D eigenvalue weighted by Crippen LogP contribution is -2.46. The first kappa shape index (κ1) is 31.4. The van der Waals surface area contributed by atoms with Crippen LogP contribution in [-0.4, -0.2) is 85.7 Å². The first-order valence-electron chi connectivity index (χ1n) is 14.5. The predicted molar refractivity (Wildman–Crippen MR) is 157 cm³/mol. The molecule has 4 heterocycles. The molecule has 1 aromatic carbocycles. The van der Waals surface area contributed by atoms with E-state index in [1.165, 1.54) is 32.5 Å². The van der Waals surface area contributed by atoms with Gasteiger partial charge in [-0.25, -0.2) is 14.2 Å². The SMILES string of the molecule is CC(C)Oc1cccc2ccc(-c3nnc4ccc([C@@H](N5CC[C@H](N(CCF)C(=O)OC(C)(C)C)C5)C(F)(F)F)cn34)nc12. The number of aromatic nitrogens is 4. The highest BCUT2D eigenvalue weighted by Crippen LogP contribution is 2.40. The minimum atomic E-state index is -4.64. The van der Waals surface area contributed by atoms with Crippen LogP contribution in [-0.2, 0) is 4.74 Å². The van der Waals surface area contributed by atoms with E-state index in [0.29, 0.717) is 22.6 Å². The zero-order chi connectivity index (χ0) is 31.8. The molecule has 1 aliphatic rings. The van der Waals surface area contributed by atoms with Crippen molar-refractivity contribution in [3.63, 3.8) is 0 Å². The standard InChI is InChI=1S/C31H36F4N6O3/c1-19(2)43-24-8-6-7-20-9-11-23(36-26(20)24)28-38-37-25-12-10-21(17-41(25)28)27(31(33,34)35)39-15-13-22(18-39)40(16-14-32)29(42)44-30(3,4)5/h6-12,17,19,22,27H,13-16,18H2,1-5H3/t22-,27+/m0/s1. The van der Waals surface area contributed by atoms with Crippen molar-refractivity contribution in [2.75, 3.05) is 26.3 Å². The van der Waals surface area contributed by atoms with Crippen molar-refractivity contribution in [2.24, 2.45) is 0 Å². The van der Waals surface area contributed by atoms with Crippen molar-refractivity contribution in [2.45, 2.75) is 71.0 Å². The lowest BCUT2D eigenvalue weighted by Gasteiger charge is -2.33. The Morgan fingerprint density at radius 3 is 2.55 bits per heavy atom. The number of ether oxygens (including phenoxy) is 2. The normalized spacial score (nSPS) is 17.0. The maximum absolute atomic E-state index is 14.7. The first-order valence-corrected chi connectivity index (χ1v) is 14.5. The maximum Gasteiger partial charge on any atom is 0.410 e. The van der Waals surface area contributed by atoms with E-state index < -0.39 is 36.6 Å². The van der Waals surface area contributed by atoms with Crippen LogP contribution in [0.2, 0.25) is 0 Å². The van der Waals surface area contributed by atoms with Gasteiger partial charge >= 0.3 is 12.3 Å². The topological polar surface area (TPSA) is 85.1 Å². The summed E-state index contributed by atoms with van der Waals surface area (Å²) in [5.41, 5.74) is 0.534. The minimum absolute atomic E-state index is 0.0226. The largest absolute Gasteiger partial charge is 0.489 e. The Morgan fingerprint density at radius 1 is 1.09 bits per heavy atom. The number of rotatable bonds is 8. The molecule has 3 aromatic heterocycles. The van der Waals surface area contributed by atoms with Crippen LogP contribution >= 0.6 is 0 Å². The molecule has 13 heteroatoms. The van der Waals surface area contributed by atoms with Crippen molar-refractivity contribution in [3.05, 3.63) is 54.2 Å². The van der Waals surface area contributed by atoms with Crippen LogP contribution in [0, 0.1) is 0 Å². The Morgan fingerprint density at radius 2 is 1.86 bits per heavy atom. The number of carbonyl (C=O) groups excluding carboxylic acids is 1. The maximum atomic E-state index is 14.7. The summed E-state index contributed by atoms with van der Waals surface area (Å²) in [5, 5.41) is 9.26. The van der Waals surface area contributed by atoms with Crippen molar-refractivity contribution in [1.29, 1.82) is 0 Å². The molecule has 44 heavy (non-hydrogen) atoms. The van der Waals surface area contributed by atoms with Gasteiger partial charge < -0.3 is 14.4 Å². The summed E-state index contributed by atoms with van der Waals surface area (Å²) in [5.74, 6) is 0.866. The molecule has 0 unspecified atom stereocenters. The molecule has 5 rings (SSSR count). The average Bonchev–Trinajstić information content (AvgIpc) is 3.57. The molecule has 1 aliphatic heterocycles. The first-order chi connectivity index (χ1) is 20.7. The number of halogens is 4. The molecule has 4 aromatic rings. The van der Waals surface area contributed by atoms with E-state index in [0.717, 1.165) is 5.39 Å². The minimum Gasteiger partial charge on any atom is -0.489 e. The number of nitrogens with zero attached hydrogens (tertiary/aromatic N) is 6. The van der Waals surface area contributed by atoms with Crippen molar-refractivity contribution < 1.29 is 31.8 Å². The molecule has 9 nitrogen and oxygen atoms in total. The zero-order valence-corrected chi connectivity index (χ0v) is 25.3. The molecule has 0 radical (unpaired) electrons. The van der Waals surface area contributed by atoms with Gasteiger partial charge in [-0.1, -0.05) is 24.3 Å². The molecule has 0 bridgehead atoms. The highest BCUT2D eigenvalue weighted by molar-refractivity contribution is 5.86. The number of carbonyl (C=O) groups is 1. The lowest BCUT2D eigenvalue weighted by molar-refractivity contribution is -0.184. The Hall–Kier alpha value is -4.00. The fourth-order valence-corrected chi connectivity index (χ4v) is 5.54. The number of hydrogen-bond donors (Lipinski definition) is 0. The third kappa shape index (κ3) is 6.72. The average molecular weight is 617 g/mol. The molecule has 0 saturated carbocycles. The number of fused-ring (bicyclic) bond motifs is 2. The monoisotopic (exact) mass is 616 g/mol. The highest BCUT2D eigenvalue weighted by Gasteiger charge is 2.48. The summed E-state index contributed by atoms with van der Waals surface area (Å²) in [7, 11) is 0. The summed E-state index contributed by atoms with van der Waals surface area (Å²) >= 11 is 0. The smallest absolute Gasteiger partial charge is 0.410 e. The Kier molecular flexibility index (Phi) is 8.70. The Balaban J connectivity index is 1.48. The Bertz CT molecular complexity index is 1630. The number of para-hydroxylation sites is 1. The van der Waals surface area contributed by atoms with E-state index in [2.05, 4.69) is 10.2 Å². The molecule has 2 atom stereocenters. The van der Waals surface area contributed by atoms with E-state index in [1.54, 1.807) is 26.8 Å². The number of pyridine rings is 2. The second kappa shape index (κ2) is 12.2. The summed E-state index contributed by atoms with van der Waals surface area (Å²) in [6.07, 6.45) is -3.84. The van der Waals surface area contributed by atoms with Crippen molar-refractivity contribution in [1.82, 2.24) is 29.4 Å². The summed E-state index contributed by atoms with van der Waals surface area (Å²) < 4.78 is 70.4. The van der Waals surface area contributed by atoms with Gasteiger partial charge in [0.2, 0.25) is 0 Å². The number of likely N-dealkylation sites (tertiary alicyclic amines) is 1. The third-order valence-corrected chi connectivity index (χ3v) is 7.28. The van der Waals surface area contributed by atoms with E-state index in [4.69, 9.17) is 14.5 Å². The lowest BCUT2D eigenvalue weighted by atomic mass is 10.1. The van der Waals surface area contributed by atoms with Crippen LogP contribution in [0.1, 0.15) is 52.6 Å². The van der Waals surface area contributed by atoms with Gasteiger partial charge in [0.25, 0.3) is 0 Å². The third-order valence-electron chi connectivity index (χ3n) is 7.28. The van der Waals surface area contributed by atoms with Crippen LogP contribution < -0.4 is 4.74 Å². The van der Waals surface area contributed by atoms with Crippen LogP contribution in [0.4, 0.5) is 22.4 Å². The van der Waals surface area contributed by atoms with E-state index in [9.17, 15) is 22.4 Å². The molecule has 236 valence electrons. The van der Waals surface area contributed by atoms with Gasteiger partial charge in [0.1, 0.15) is 35.3 Å². The number of benzene rings is 1. The van der Waals surface area contributed by atoms with Crippen molar-refractivity contribution >= 4 is 22.6 Å². The molecule has 1 saturated heterocycles. The van der Waals surface area contributed by atoms with Gasteiger partial charge in [0.15, 0.2) is 11.5 Å². The van der Waals surface area contributed by atoms with Crippen LogP contribution in [0.25, 0.3) is 28.1 Å². The van der Waals surface area contributed by atoms with E-state index in [1.807, 2.05) is 38.1 Å². The van der Waals surface area contributed by atoms with Crippen LogP contribution in [0.3, 0.4) is 0 Å². The molecule has 0 spiro atoms. The zero-order valence-electron chi connectivity index (χ0n) is 25.3. The van der Waals surface area contributed by atoms with Crippen molar-refractivity contribution in [3.8, 4) is 17.3 Å². The molecule has 0 N–H and O–H groups in total. The van der Waals surface area contributed by atoms with Crippen LogP contribution in [0.5, 0.6) is 5.75 Å². The molecule has 0 aliphatic carbocycles. The summed E-state index contributed by atoms with van der Waals surface area (Å²) in [4.78, 5) is 20.0. The predicted octanol–water partition coefficient (Wildman–Crippen LogP) is 6.62. The van der Waals surface area contributed by atoms with E-state index in [-0.39, 0.29) is 43.5 Å². The molecule has 1 fully saturated rings. The number of alkyl halides is 4. The van der Waals surface area contributed by atoms with E-state index >= 15 is 0 Å². The molecular formula is C31H36F4N6O3. The second-order valence-electron chi connectivity index (χ2n) is 12.1. The summed E-state index contributed by atoms with van der Waals surface area (Å²) in [6, 6.07) is 9.43. The molecular weight excluding hydrogens is 580 g/mol. The molecule has 1 amide bonds. The quantitative estimate of drug-likeness (QED) is 0.206. The highest BCUT2D eigenvalue weighted by atomic mass is 19.4. The number of amides is 1. The fraction of sp³-hybridized carbons (Fsp3) is 0.484. The number of hydrogen-bond acceptors (Lipinski definition) is 7. The fourth-order valence-electron chi connectivity index (χ4n) is 5.54. The van der Waals surface area contributed by atoms with Gasteiger partial charge in [-0.3, -0.25) is 9.30 Å². The van der Waals surface area contributed by atoms with Gasteiger partial charge in [0, 0.05) is 30.7 Å². The van der Waals surface area contributed by atoms with Gasteiger partial charge in [0.05, 0.1) is 12.6 Å². The van der Waals surface area contributed by atoms with Gasteiger partial charge in [-0.2, -0.15) is 13.2 Å².